The van der Waals surface area contributed by atoms with Gasteiger partial charge in [0.2, 0.25) is 0 Å². The van der Waals surface area contributed by atoms with E-state index in [1.807, 2.05) is 18.2 Å². The maximum atomic E-state index is 6.16. The Kier molecular flexibility index (Phi) is 4.58. The number of ether oxygens (including phenoxy) is 1. The first-order valence-electron chi connectivity index (χ1n) is 6.72. The molecule has 2 nitrogen and oxygen atoms in total. The first kappa shape index (κ1) is 13.6. The van der Waals surface area contributed by atoms with E-state index in [1.54, 1.807) is 0 Å². The molecule has 0 heterocycles. The van der Waals surface area contributed by atoms with Crippen molar-refractivity contribution in [3.8, 4) is 5.75 Å². The van der Waals surface area contributed by atoms with Crippen LogP contribution in [0.15, 0.2) is 48.5 Å². The molecule has 19 heavy (non-hydrogen) atoms. The van der Waals surface area contributed by atoms with Crippen LogP contribution in [0, 0.1) is 6.92 Å². The Morgan fingerprint density at radius 3 is 2.47 bits per heavy atom. The van der Waals surface area contributed by atoms with Gasteiger partial charge in [0.1, 0.15) is 11.9 Å². The lowest BCUT2D eigenvalue weighted by Gasteiger charge is -2.19. The quantitative estimate of drug-likeness (QED) is 0.885. The molecule has 0 aliphatic rings. The third kappa shape index (κ3) is 3.36. The van der Waals surface area contributed by atoms with E-state index in [-0.39, 0.29) is 6.10 Å². The summed E-state index contributed by atoms with van der Waals surface area (Å²) in [6, 6.07) is 16.5. The van der Waals surface area contributed by atoms with Crippen molar-refractivity contribution in [3.63, 3.8) is 0 Å². The minimum atomic E-state index is 0.0406. The van der Waals surface area contributed by atoms with Crippen molar-refractivity contribution in [2.24, 2.45) is 5.73 Å². The fourth-order valence-electron chi connectivity index (χ4n) is 2.20. The molecule has 100 valence electrons. The van der Waals surface area contributed by atoms with E-state index in [0.29, 0.717) is 6.54 Å². The fraction of sp³-hybridized carbons (Fsp3) is 0.294. The summed E-state index contributed by atoms with van der Waals surface area (Å²) in [5.41, 5.74) is 9.20. The highest BCUT2D eigenvalue weighted by Crippen LogP contribution is 2.29. The maximum Gasteiger partial charge on any atom is 0.126 e. The maximum absolute atomic E-state index is 6.16. The van der Waals surface area contributed by atoms with Crippen molar-refractivity contribution in [3.05, 3.63) is 65.2 Å². The SMILES string of the molecule is Cc1cccc(CCN)c1OC(C)c1ccccc1. The van der Waals surface area contributed by atoms with Crippen molar-refractivity contribution in [2.75, 3.05) is 6.54 Å². The Bertz CT molecular complexity index is 522. The second-order valence-corrected chi connectivity index (χ2v) is 4.77. The molecule has 0 amide bonds. The average Bonchev–Trinajstić information content (AvgIpc) is 2.44. The Morgan fingerprint density at radius 1 is 1.05 bits per heavy atom. The molecule has 0 spiro atoms. The zero-order chi connectivity index (χ0) is 13.7. The molecule has 0 aliphatic carbocycles. The van der Waals surface area contributed by atoms with Crippen molar-refractivity contribution in [1.29, 1.82) is 0 Å². The molecule has 0 saturated carbocycles. The van der Waals surface area contributed by atoms with Crippen molar-refractivity contribution < 1.29 is 4.74 Å². The smallest absolute Gasteiger partial charge is 0.126 e. The van der Waals surface area contributed by atoms with Gasteiger partial charge >= 0.3 is 0 Å². The largest absolute Gasteiger partial charge is 0.485 e. The van der Waals surface area contributed by atoms with Crippen LogP contribution in [-0.4, -0.2) is 6.54 Å². The fourth-order valence-corrected chi connectivity index (χ4v) is 2.20. The lowest BCUT2D eigenvalue weighted by atomic mass is 10.1. The van der Waals surface area contributed by atoms with Gasteiger partial charge in [-0.2, -0.15) is 0 Å². The van der Waals surface area contributed by atoms with Crippen LogP contribution < -0.4 is 10.5 Å². The van der Waals surface area contributed by atoms with Gasteiger partial charge in [-0.3, -0.25) is 0 Å². The summed E-state index contributed by atoms with van der Waals surface area (Å²) in [6.45, 7) is 4.79. The molecule has 0 fully saturated rings. The number of benzene rings is 2. The topological polar surface area (TPSA) is 35.2 Å². The van der Waals surface area contributed by atoms with Crippen LogP contribution in [0.5, 0.6) is 5.75 Å². The van der Waals surface area contributed by atoms with Gasteiger partial charge in [0.15, 0.2) is 0 Å². The Balaban J connectivity index is 2.23. The molecule has 0 aliphatic heterocycles. The molecule has 0 saturated heterocycles. The summed E-state index contributed by atoms with van der Waals surface area (Å²) in [6.07, 6.45) is 0.886. The lowest BCUT2D eigenvalue weighted by molar-refractivity contribution is 0.223. The van der Waals surface area contributed by atoms with Gasteiger partial charge in [0, 0.05) is 0 Å². The molecule has 2 N–H and O–H groups in total. The minimum absolute atomic E-state index is 0.0406. The number of hydrogen-bond donors (Lipinski definition) is 1. The summed E-state index contributed by atoms with van der Waals surface area (Å²) in [5.74, 6) is 0.976. The normalized spacial score (nSPS) is 12.2. The first-order valence-corrected chi connectivity index (χ1v) is 6.72. The van der Waals surface area contributed by atoms with Gasteiger partial charge < -0.3 is 10.5 Å². The van der Waals surface area contributed by atoms with Gasteiger partial charge in [-0.05, 0) is 43.5 Å². The molecule has 0 bridgehead atoms. The number of para-hydroxylation sites is 1. The van der Waals surface area contributed by atoms with Gasteiger partial charge in [-0.15, -0.1) is 0 Å². The highest BCUT2D eigenvalue weighted by molar-refractivity contribution is 5.41. The van der Waals surface area contributed by atoms with E-state index in [9.17, 15) is 0 Å². The van der Waals surface area contributed by atoms with Crippen LogP contribution in [-0.2, 0) is 6.42 Å². The van der Waals surface area contributed by atoms with Gasteiger partial charge in [-0.25, -0.2) is 0 Å². The van der Waals surface area contributed by atoms with Crippen LogP contribution in [0.3, 0.4) is 0 Å². The van der Waals surface area contributed by atoms with Crippen molar-refractivity contribution in [1.82, 2.24) is 0 Å². The molecule has 0 radical (unpaired) electrons. The number of rotatable bonds is 5. The highest BCUT2D eigenvalue weighted by Gasteiger charge is 2.12. The van der Waals surface area contributed by atoms with Crippen LogP contribution in [0.1, 0.15) is 29.7 Å². The van der Waals surface area contributed by atoms with E-state index >= 15 is 0 Å². The summed E-state index contributed by atoms with van der Waals surface area (Å²) in [4.78, 5) is 0. The summed E-state index contributed by atoms with van der Waals surface area (Å²) >= 11 is 0. The second-order valence-electron chi connectivity index (χ2n) is 4.77. The third-order valence-electron chi connectivity index (χ3n) is 3.27. The third-order valence-corrected chi connectivity index (χ3v) is 3.27. The van der Waals surface area contributed by atoms with Crippen LogP contribution >= 0.6 is 0 Å². The minimum Gasteiger partial charge on any atom is -0.485 e. The molecule has 1 atom stereocenters. The highest BCUT2D eigenvalue weighted by atomic mass is 16.5. The molecule has 2 aromatic rings. The van der Waals surface area contributed by atoms with Crippen LogP contribution in [0.4, 0.5) is 0 Å². The molecule has 1 unspecified atom stereocenters. The van der Waals surface area contributed by atoms with Crippen molar-refractivity contribution >= 4 is 0 Å². The van der Waals surface area contributed by atoms with Crippen LogP contribution in [0.25, 0.3) is 0 Å². The molecular formula is C17H21NO. The predicted molar refractivity (Wildman–Crippen MR) is 79.4 cm³/mol. The molecule has 2 heteroatoms. The van der Waals surface area contributed by atoms with Gasteiger partial charge in [-0.1, -0.05) is 48.5 Å². The zero-order valence-corrected chi connectivity index (χ0v) is 11.6. The number of hydrogen-bond acceptors (Lipinski definition) is 2. The summed E-state index contributed by atoms with van der Waals surface area (Å²) in [5, 5.41) is 0. The van der Waals surface area contributed by atoms with E-state index in [2.05, 4.69) is 44.2 Å². The predicted octanol–water partition coefficient (Wildman–Crippen LogP) is 3.64. The van der Waals surface area contributed by atoms with Crippen molar-refractivity contribution in [2.45, 2.75) is 26.4 Å². The Labute approximate surface area is 115 Å². The van der Waals surface area contributed by atoms with Gasteiger partial charge in [0.25, 0.3) is 0 Å². The zero-order valence-electron chi connectivity index (χ0n) is 11.6. The molecule has 2 rings (SSSR count). The first-order chi connectivity index (χ1) is 9.22. The van der Waals surface area contributed by atoms with E-state index in [1.165, 1.54) is 11.1 Å². The van der Waals surface area contributed by atoms with E-state index in [0.717, 1.165) is 17.7 Å². The standard InChI is InChI=1S/C17H21NO/c1-13-7-6-10-16(11-12-18)17(13)19-14(2)15-8-4-3-5-9-15/h3-10,14H,11-12,18H2,1-2H3. The monoisotopic (exact) mass is 255 g/mol. The van der Waals surface area contributed by atoms with E-state index < -0.39 is 0 Å². The summed E-state index contributed by atoms with van der Waals surface area (Å²) in [7, 11) is 0. The number of nitrogens with two attached hydrogens (primary N) is 1. The number of aryl methyl sites for hydroxylation is 1. The second kappa shape index (κ2) is 6.39. The average molecular weight is 255 g/mol. The Morgan fingerprint density at radius 2 is 1.79 bits per heavy atom. The lowest BCUT2D eigenvalue weighted by Crippen LogP contribution is -2.09. The molecule has 0 aromatic heterocycles. The summed E-state index contributed by atoms with van der Waals surface area (Å²) < 4.78 is 6.16. The van der Waals surface area contributed by atoms with Crippen LogP contribution in [0.2, 0.25) is 0 Å². The van der Waals surface area contributed by atoms with E-state index in [4.69, 9.17) is 10.5 Å². The molecular weight excluding hydrogens is 234 g/mol. The Hall–Kier alpha value is -1.80. The molecule has 2 aromatic carbocycles. The van der Waals surface area contributed by atoms with Gasteiger partial charge in [0.05, 0.1) is 0 Å².